The van der Waals surface area contributed by atoms with Crippen molar-refractivity contribution in [3.63, 3.8) is 0 Å². The molecule has 0 unspecified atom stereocenters. The minimum atomic E-state index is -1.11. The lowest BCUT2D eigenvalue weighted by molar-refractivity contribution is -0.135. The Labute approximate surface area is 224 Å². The van der Waals surface area contributed by atoms with E-state index in [4.69, 9.17) is 11.5 Å². The number of hydrogen-bond acceptors (Lipinski definition) is 6. The fourth-order valence-electron chi connectivity index (χ4n) is 4.21. The van der Waals surface area contributed by atoms with Crippen molar-refractivity contribution in [1.29, 1.82) is 0 Å². The van der Waals surface area contributed by atoms with E-state index >= 15 is 0 Å². The Hall–Kier alpha value is -4.34. The Bertz CT molecular complexity index is 1450. The van der Waals surface area contributed by atoms with Crippen LogP contribution in [0.2, 0.25) is 0 Å². The van der Waals surface area contributed by atoms with Gasteiger partial charge in [0.15, 0.2) is 0 Å². The minimum absolute atomic E-state index is 0.301. The van der Waals surface area contributed by atoms with Gasteiger partial charge in [-0.15, -0.1) is 11.3 Å². The average molecular weight is 529 g/mol. The zero-order valence-electron chi connectivity index (χ0n) is 20.7. The summed E-state index contributed by atoms with van der Waals surface area (Å²) in [5.74, 6) is -1.54. The van der Waals surface area contributed by atoms with E-state index in [0.717, 1.165) is 29.0 Å². The third-order valence-corrected chi connectivity index (χ3v) is 7.00. The quantitative estimate of drug-likeness (QED) is 0.327. The minimum Gasteiger partial charge on any atom is -0.480 e. The molecule has 2 amide bonds. The summed E-state index contributed by atoms with van der Waals surface area (Å²) in [6, 6.07) is 22.1. The third-order valence-electron chi connectivity index (χ3n) is 6.12. The van der Waals surface area contributed by atoms with Gasteiger partial charge >= 0.3 is 5.97 Å². The maximum atomic E-state index is 12.9. The molecule has 0 saturated heterocycles. The number of benzene rings is 3. The molecule has 0 fully saturated rings. The maximum Gasteiger partial charge on any atom is 0.323 e. The Morgan fingerprint density at radius 1 is 0.921 bits per heavy atom. The SMILES string of the molecule is NC(=O)c1ccc2c(c1)CCC2.NCc1cccc(C(=O)N(CC(=O)O)c2csc(-c3ccccc3)n2)c1. The van der Waals surface area contributed by atoms with Crippen LogP contribution >= 0.6 is 11.3 Å². The van der Waals surface area contributed by atoms with Crippen molar-refractivity contribution in [3.05, 3.63) is 106 Å². The summed E-state index contributed by atoms with van der Waals surface area (Å²) in [7, 11) is 0. The van der Waals surface area contributed by atoms with Gasteiger partial charge in [-0.2, -0.15) is 0 Å². The summed E-state index contributed by atoms with van der Waals surface area (Å²) < 4.78 is 0. The van der Waals surface area contributed by atoms with E-state index < -0.39 is 18.4 Å². The Morgan fingerprint density at radius 2 is 1.68 bits per heavy atom. The van der Waals surface area contributed by atoms with Crippen LogP contribution < -0.4 is 16.4 Å². The molecular weight excluding hydrogens is 500 g/mol. The van der Waals surface area contributed by atoms with Gasteiger partial charge in [0.2, 0.25) is 5.91 Å². The summed E-state index contributed by atoms with van der Waals surface area (Å²) in [6.07, 6.45) is 3.45. The first-order valence-electron chi connectivity index (χ1n) is 12.1. The highest BCUT2D eigenvalue weighted by molar-refractivity contribution is 7.13. The number of carbonyl (C=O) groups excluding carboxylic acids is 2. The van der Waals surface area contributed by atoms with E-state index in [1.807, 2.05) is 54.6 Å². The topological polar surface area (TPSA) is 140 Å². The lowest BCUT2D eigenvalue weighted by Gasteiger charge is -2.18. The van der Waals surface area contributed by atoms with Gasteiger partial charge in [0.25, 0.3) is 5.91 Å². The summed E-state index contributed by atoms with van der Waals surface area (Å²) in [5, 5.41) is 11.6. The van der Waals surface area contributed by atoms with Gasteiger partial charge < -0.3 is 16.6 Å². The molecule has 3 aromatic carbocycles. The van der Waals surface area contributed by atoms with Gasteiger partial charge in [-0.3, -0.25) is 19.3 Å². The summed E-state index contributed by atoms with van der Waals surface area (Å²) >= 11 is 1.36. The smallest absolute Gasteiger partial charge is 0.323 e. The van der Waals surface area contributed by atoms with Crippen LogP contribution in [-0.2, 0) is 24.2 Å². The van der Waals surface area contributed by atoms with Crippen molar-refractivity contribution in [2.45, 2.75) is 25.8 Å². The fourth-order valence-corrected chi connectivity index (χ4v) is 5.02. The van der Waals surface area contributed by atoms with E-state index in [9.17, 15) is 19.5 Å². The summed E-state index contributed by atoms with van der Waals surface area (Å²) in [4.78, 5) is 40.6. The molecule has 9 heteroatoms. The molecule has 0 atom stereocenters. The number of amides is 2. The van der Waals surface area contributed by atoms with Gasteiger partial charge in [-0.25, -0.2) is 4.98 Å². The second-order valence-corrected chi connectivity index (χ2v) is 9.63. The number of anilines is 1. The normalized spacial score (nSPS) is 11.7. The largest absolute Gasteiger partial charge is 0.480 e. The number of thiazole rings is 1. The van der Waals surface area contributed by atoms with E-state index in [1.54, 1.807) is 23.6 Å². The summed E-state index contributed by atoms with van der Waals surface area (Å²) in [5.41, 5.74) is 16.2. The molecule has 5 N–H and O–H groups in total. The number of carbonyl (C=O) groups is 3. The van der Waals surface area contributed by atoms with Crippen LogP contribution in [0.3, 0.4) is 0 Å². The number of aryl methyl sites for hydroxylation is 2. The third kappa shape index (κ3) is 6.50. The molecule has 4 aromatic rings. The molecule has 8 nitrogen and oxygen atoms in total. The first kappa shape index (κ1) is 26.7. The predicted molar refractivity (Wildman–Crippen MR) is 148 cm³/mol. The molecule has 0 bridgehead atoms. The van der Waals surface area contributed by atoms with Gasteiger partial charge in [0.1, 0.15) is 17.4 Å². The molecule has 1 aliphatic carbocycles. The van der Waals surface area contributed by atoms with Crippen molar-refractivity contribution in [3.8, 4) is 10.6 Å². The Morgan fingerprint density at radius 3 is 2.39 bits per heavy atom. The molecule has 0 aliphatic heterocycles. The van der Waals surface area contributed by atoms with Crippen LogP contribution in [0.5, 0.6) is 0 Å². The molecule has 5 rings (SSSR count). The van der Waals surface area contributed by atoms with Crippen LogP contribution in [0.4, 0.5) is 5.82 Å². The monoisotopic (exact) mass is 528 g/mol. The van der Waals surface area contributed by atoms with Crippen molar-refractivity contribution in [2.75, 3.05) is 11.4 Å². The fraction of sp³-hybridized carbons (Fsp3) is 0.172. The molecule has 0 spiro atoms. The lowest BCUT2D eigenvalue weighted by Crippen LogP contribution is -2.36. The highest BCUT2D eigenvalue weighted by Crippen LogP contribution is 2.28. The first-order valence-corrected chi connectivity index (χ1v) is 13.0. The zero-order chi connectivity index (χ0) is 27.1. The van der Waals surface area contributed by atoms with Gasteiger partial charge in [0, 0.05) is 28.6 Å². The van der Waals surface area contributed by atoms with Crippen LogP contribution in [-0.4, -0.2) is 34.4 Å². The molecule has 38 heavy (non-hydrogen) atoms. The van der Waals surface area contributed by atoms with E-state index in [0.29, 0.717) is 23.5 Å². The summed E-state index contributed by atoms with van der Waals surface area (Å²) in [6.45, 7) is -0.168. The lowest BCUT2D eigenvalue weighted by atomic mass is 10.1. The standard InChI is InChI=1S/C19H17N3O3S.C10H11NO/c20-10-13-5-4-8-15(9-13)19(25)22(11-17(23)24)16-12-26-18(21-16)14-6-2-1-3-7-14;11-10(12)9-5-4-7-2-1-3-8(7)6-9/h1-9,12H,10-11,20H2,(H,23,24);4-6H,1-3H2,(H2,11,12). The van der Waals surface area contributed by atoms with Crippen LogP contribution in [0.1, 0.15) is 43.8 Å². The second kappa shape index (κ2) is 12.3. The molecule has 194 valence electrons. The zero-order valence-corrected chi connectivity index (χ0v) is 21.5. The van der Waals surface area contributed by atoms with Gasteiger partial charge in [-0.05, 0) is 60.2 Å². The molecule has 1 heterocycles. The maximum absolute atomic E-state index is 12.9. The number of nitrogens with two attached hydrogens (primary N) is 2. The Kier molecular flexibility index (Phi) is 8.62. The number of rotatable bonds is 7. The number of aliphatic carboxylic acids is 1. The van der Waals surface area contributed by atoms with E-state index in [-0.39, 0.29) is 5.91 Å². The van der Waals surface area contributed by atoms with Crippen LogP contribution in [0.15, 0.2) is 78.2 Å². The highest BCUT2D eigenvalue weighted by Gasteiger charge is 2.23. The number of aromatic nitrogens is 1. The molecule has 1 aliphatic rings. The predicted octanol–water partition coefficient (Wildman–Crippen LogP) is 4.27. The van der Waals surface area contributed by atoms with E-state index in [2.05, 4.69) is 4.98 Å². The van der Waals surface area contributed by atoms with E-state index in [1.165, 1.54) is 33.8 Å². The molecule has 0 saturated carbocycles. The van der Waals surface area contributed by atoms with Gasteiger partial charge in [0.05, 0.1) is 0 Å². The number of carboxylic acids is 1. The van der Waals surface area contributed by atoms with Crippen molar-refractivity contribution < 1.29 is 19.5 Å². The van der Waals surface area contributed by atoms with Gasteiger partial charge in [-0.1, -0.05) is 48.5 Å². The molecule has 1 aromatic heterocycles. The molecular formula is C29H28N4O4S. The van der Waals surface area contributed by atoms with Crippen molar-refractivity contribution >= 4 is 34.9 Å². The number of fused-ring (bicyclic) bond motifs is 1. The number of nitrogens with zero attached hydrogens (tertiary/aromatic N) is 2. The first-order chi connectivity index (χ1) is 18.4. The average Bonchev–Trinajstić information content (AvgIpc) is 3.62. The molecule has 0 radical (unpaired) electrons. The highest BCUT2D eigenvalue weighted by atomic mass is 32.1. The number of hydrogen-bond donors (Lipinski definition) is 3. The number of carboxylic acid groups (broad SMARTS) is 1. The van der Waals surface area contributed by atoms with Crippen LogP contribution in [0, 0.1) is 0 Å². The Balaban J connectivity index is 0.000000232. The second-order valence-electron chi connectivity index (χ2n) is 8.77. The van der Waals surface area contributed by atoms with Crippen molar-refractivity contribution in [1.82, 2.24) is 4.98 Å². The van der Waals surface area contributed by atoms with Crippen molar-refractivity contribution in [2.24, 2.45) is 11.5 Å². The number of primary amides is 1. The van der Waals surface area contributed by atoms with Crippen LogP contribution in [0.25, 0.3) is 10.6 Å².